The number of rotatable bonds is 8. The maximum Gasteiger partial charge on any atom is 0.0718 e. The minimum atomic E-state index is -0.685. The Morgan fingerprint density at radius 3 is 2.27 bits per heavy atom. The molecule has 0 radical (unpaired) electrons. The molecule has 0 bridgehead atoms. The van der Waals surface area contributed by atoms with Crippen LogP contribution in [0.3, 0.4) is 0 Å². The quantitative estimate of drug-likeness (QED) is 0.654. The Bertz CT molecular complexity index is 156. The Labute approximate surface area is 93.2 Å². The predicted octanol–water partition coefficient (Wildman–Crippen LogP) is 0.741. The van der Waals surface area contributed by atoms with Gasteiger partial charge in [0.25, 0.3) is 0 Å². The van der Waals surface area contributed by atoms with Crippen molar-refractivity contribution >= 4 is 0 Å². The lowest BCUT2D eigenvalue weighted by Gasteiger charge is -2.33. The minimum Gasteiger partial charge on any atom is -0.389 e. The molecule has 0 aromatic rings. The molecule has 1 atom stereocenters. The maximum atomic E-state index is 9.78. The van der Waals surface area contributed by atoms with Crippen LogP contribution in [0.1, 0.15) is 20.8 Å². The fourth-order valence-electron chi connectivity index (χ4n) is 1.51. The normalized spacial score (nSPS) is 14.6. The van der Waals surface area contributed by atoms with Gasteiger partial charge in [0.15, 0.2) is 0 Å². The number of nitrogens with zero attached hydrogens (tertiary/aromatic N) is 1. The van der Waals surface area contributed by atoms with Gasteiger partial charge in [0.2, 0.25) is 0 Å². The Morgan fingerprint density at radius 1 is 1.27 bits per heavy atom. The fourth-order valence-corrected chi connectivity index (χ4v) is 1.51. The molecule has 0 fully saturated rings. The second-order valence-electron chi connectivity index (χ2n) is 4.58. The molecule has 0 saturated heterocycles. The molecule has 0 aromatic carbocycles. The first-order chi connectivity index (χ1) is 6.90. The Hall–Kier alpha value is -0.160. The van der Waals surface area contributed by atoms with Crippen LogP contribution >= 0.6 is 0 Å². The molecule has 4 heteroatoms. The molecule has 0 aliphatic carbocycles. The molecule has 0 saturated carbocycles. The number of ether oxygens (including phenoxy) is 2. The highest BCUT2D eigenvalue weighted by Crippen LogP contribution is 2.08. The first kappa shape index (κ1) is 14.8. The van der Waals surface area contributed by atoms with Crippen LogP contribution in [0.5, 0.6) is 0 Å². The third-order valence-electron chi connectivity index (χ3n) is 2.20. The highest BCUT2D eigenvalue weighted by molar-refractivity contribution is 4.76. The summed E-state index contributed by atoms with van der Waals surface area (Å²) >= 11 is 0. The third kappa shape index (κ3) is 7.73. The van der Waals surface area contributed by atoms with Gasteiger partial charge >= 0.3 is 0 Å². The van der Waals surface area contributed by atoms with Gasteiger partial charge in [-0.1, -0.05) is 0 Å². The SMILES string of the molecule is COCCN(CC(C)(C)O)C(C)COC. The zero-order valence-electron chi connectivity index (χ0n) is 10.6. The number of methoxy groups -OCH3 is 2. The van der Waals surface area contributed by atoms with E-state index in [1.807, 2.05) is 13.8 Å². The van der Waals surface area contributed by atoms with Gasteiger partial charge in [-0.25, -0.2) is 0 Å². The molecule has 0 aliphatic rings. The fraction of sp³-hybridized carbons (Fsp3) is 1.00. The van der Waals surface area contributed by atoms with Gasteiger partial charge in [-0.15, -0.1) is 0 Å². The van der Waals surface area contributed by atoms with Crippen molar-refractivity contribution in [3.63, 3.8) is 0 Å². The molecule has 0 spiro atoms. The van der Waals surface area contributed by atoms with Crippen LogP contribution in [0, 0.1) is 0 Å². The summed E-state index contributed by atoms with van der Waals surface area (Å²) in [4.78, 5) is 2.17. The van der Waals surface area contributed by atoms with Crippen LogP contribution in [0.4, 0.5) is 0 Å². The smallest absolute Gasteiger partial charge is 0.0718 e. The van der Waals surface area contributed by atoms with Crippen molar-refractivity contribution in [2.75, 3.05) is 40.5 Å². The van der Waals surface area contributed by atoms with Gasteiger partial charge in [0.05, 0.1) is 18.8 Å². The zero-order valence-corrected chi connectivity index (χ0v) is 10.6. The lowest BCUT2D eigenvalue weighted by molar-refractivity contribution is -0.00123. The molecule has 15 heavy (non-hydrogen) atoms. The van der Waals surface area contributed by atoms with Gasteiger partial charge in [0.1, 0.15) is 0 Å². The van der Waals surface area contributed by atoms with E-state index in [4.69, 9.17) is 9.47 Å². The average molecular weight is 219 g/mol. The van der Waals surface area contributed by atoms with Crippen molar-refractivity contribution in [3.05, 3.63) is 0 Å². The number of hydrogen-bond donors (Lipinski definition) is 1. The van der Waals surface area contributed by atoms with E-state index in [0.29, 0.717) is 19.8 Å². The third-order valence-corrected chi connectivity index (χ3v) is 2.20. The summed E-state index contributed by atoms with van der Waals surface area (Å²) in [6.45, 7) is 8.49. The topological polar surface area (TPSA) is 41.9 Å². The van der Waals surface area contributed by atoms with Crippen LogP contribution in [0.25, 0.3) is 0 Å². The number of hydrogen-bond acceptors (Lipinski definition) is 4. The van der Waals surface area contributed by atoms with Crippen molar-refractivity contribution in [3.8, 4) is 0 Å². The maximum absolute atomic E-state index is 9.78. The average Bonchev–Trinajstić information content (AvgIpc) is 2.10. The molecule has 0 amide bonds. The lowest BCUT2D eigenvalue weighted by atomic mass is 10.1. The molecule has 4 nitrogen and oxygen atoms in total. The van der Waals surface area contributed by atoms with Crippen LogP contribution in [0.2, 0.25) is 0 Å². The lowest BCUT2D eigenvalue weighted by Crippen LogP contribution is -2.46. The summed E-state index contributed by atoms with van der Waals surface area (Å²) in [6, 6.07) is 0.288. The Kier molecular flexibility index (Phi) is 7.09. The molecular formula is C11H25NO3. The number of aliphatic hydroxyl groups is 1. The van der Waals surface area contributed by atoms with Crippen LogP contribution < -0.4 is 0 Å². The van der Waals surface area contributed by atoms with E-state index in [9.17, 15) is 5.11 Å². The highest BCUT2D eigenvalue weighted by Gasteiger charge is 2.21. The van der Waals surface area contributed by atoms with Crippen molar-refractivity contribution in [2.45, 2.75) is 32.4 Å². The molecule has 0 aliphatic heterocycles. The molecule has 0 rings (SSSR count). The standard InChI is InChI=1S/C11H25NO3/c1-10(8-15-5)12(6-7-14-4)9-11(2,3)13/h10,13H,6-9H2,1-5H3. The van der Waals surface area contributed by atoms with Gasteiger partial charge in [0, 0.05) is 33.4 Å². The van der Waals surface area contributed by atoms with E-state index in [0.717, 1.165) is 6.54 Å². The van der Waals surface area contributed by atoms with Crippen LogP contribution in [0.15, 0.2) is 0 Å². The summed E-state index contributed by atoms with van der Waals surface area (Å²) in [5.41, 5.74) is -0.685. The van der Waals surface area contributed by atoms with Gasteiger partial charge in [-0.2, -0.15) is 0 Å². The summed E-state index contributed by atoms with van der Waals surface area (Å²) in [6.07, 6.45) is 0. The monoisotopic (exact) mass is 219 g/mol. The van der Waals surface area contributed by atoms with E-state index in [-0.39, 0.29) is 6.04 Å². The second-order valence-corrected chi connectivity index (χ2v) is 4.58. The Balaban J connectivity index is 4.16. The van der Waals surface area contributed by atoms with Crippen molar-refractivity contribution < 1.29 is 14.6 Å². The largest absolute Gasteiger partial charge is 0.389 e. The first-order valence-electron chi connectivity index (χ1n) is 5.35. The van der Waals surface area contributed by atoms with Gasteiger partial charge in [-0.05, 0) is 20.8 Å². The molecule has 92 valence electrons. The van der Waals surface area contributed by atoms with E-state index < -0.39 is 5.60 Å². The molecule has 1 N–H and O–H groups in total. The minimum absolute atomic E-state index is 0.288. The van der Waals surface area contributed by atoms with E-state index in [2.05, 4.69) is 11.8 Å². The predicted molar refractivity (Wildman–Crippen MR) is 61.1 cm³/mol. The van der Waals surface area contributed by atoms with Crippen molar-refractivity contribution in [2.24, 2.45) is 0 Å². The van der Waals surface area contributed by atoms with E-state index in [1.54, 1.807) is 14.2 Å². The molecular weight excluding hydrogens is 194 g/mol. The van der Waals surface area contributed by atoms with E-state index >= 15 is 0 Å². The highest BCUT2D eigenvalue weighted by atomic mass is 16.5. The summed E-state index contributed by atoms with van der Waals surface area (Å²) in [7, 11) is 3.37. The molecule has 1 unspecified atom stereocenters. The van der Waals surface area contributed by atoms with Crippen molar-refractivity contribution in [1.29, 1.82) is 0 Å². The van der Waals surface area contributed by atoms with Gasteiger partial charge < -0.3 is 14.6 Å². The second kappa shape index (κ2) is 7.17. The Morgan fingerprint density at radius 2 is 1.87 bits per heavy atom. The van der Waals surface area contributed by atoms with Crippen LogP contribution in [-0.4, -0.2) is 62.2 Å². The van der Waals surface area contributed by atoms with Crippen molar-refractivity contribution in [1.82, 2.24) is 4.90 Å². The molecule has 0 heterocycles. The first-order valence-corrected chi connectivity index (χ1v) is 5.35. The summed E-state index contributed by atoms with van der Waals surface area (Å²) < 4.78 is 10.2. The van der Waals surface area contributed by atoms with Gasteiger partial charge in [-0.3, -0.25) is 4.90 Å². The van der Waals surface area contributed by atoms with E-state index in [1.165, 1.54) is 0 Å². The zero-order chi connectivity index (χ0) is 11.9. The summed E-state index contributed by atoms with van der Waals surface area (Å²) in [5, 5.41) is 9.78. The van der Waals surface area contributed by atoms with Crippen LogP contribution in [-0.2, 0) is 9.47 Å². The molecule has 0 aromatic heterocycles. The summed E-state index contributed by atoms with van der Waals surface area (Å²) in [5.74, 6) is 0.